The highest BCUT2D eigenvalue weighted by atomic mass is 16.5. The van der Waals surface area contributed by atoms with Crippen LogP contribution in [-0.2, 0) is 20.9 Å². The van der Waals surface area contributed by atoms with Gasteiger partial charge in [-0.3, -0.25) is 9.69 Å². The highest BCUT2D eigenvalue weighted by Crippen LogP contribution is 2.22. The molecule has 0 spiro atoms. The van der Waals surface area contributed by atoms with Gasteiger partial charge in [0.2, 0.25) is 5.91 Å². The first kappa shape index (κ1) is 22.7. The molecule has 1 heterocycles. The summed E-state index contributed by atoms with van der Waals surface area (Å²) in [5.41, 5.74) is 1.31. The summed E-state index contributed by atoms with van der Waals surface area (Å²) in [5.74, 6) is -2.25. The van der Waals surface area contributed by atoms with E-state index in [-0.39, 0.29) is 5.92 Å². The number of carbonyl (C=O) groups excluding carboxylic acids is 1. The molecule has 1 amide bonds. The Kier molecular flexibility index (Phi) is 8.92. The standard InChI is InChI=1S/C19H28N2O2.C2H2O4/c1-23-18-8-6-15(7-9-18)14-21-12-10-16(11-13-21)19(22)20-17-4-2-3-5-17;3-1(4)2(5)6/h6-9,16-17H,2-5,10-14H2,1H3,(H,20,22);(H,3,4)(H,5,6). The minimum Gasteiger partial charge on any atom is -0.497 e. The van der Waals surface area contributed by atoms with Gasteiger partial charge in [-0.05, 0) is 56.5 Å². The number of carboxylic acids is 2. The molecule has 1 aliphatic heterocycles. The molecule has 8 nitrogen and oxygen atoms in total. The number of methoxy groups -OCH3 is 1. The molecular weight excluding hydrogens is 376 g/mol. The van der Waals surface area contributed by atoms with Gasteiger partial charge in [0.05, 0.1) is 7.11 Å². The zero-order valence-electron chi connectivity index (χ0n) is 16.8. The van der Waals surface area contributed by atoms with Crippen LogP contribution in [0.5, 0.6) is 5.75 Å². The van der Waals surface area contributed by atoms with Crippen molar-refractivity contribution >= 4 is 17.8 Å². The molecule has 1 saturated carbocycles. The van der Waals surface area contributed by atoms with Crippen molar-refractivity contribution < 1.29 is 29.3 Å². The van der Waals surface area contributed by atoms with Gasteiger partial charge in [0, 0.05) is 18.5 Å². The quantitative estimate of drug-likeness (QED) is 0.641. The number of likely N-dealkylation sites (tertiary alicyclic amines) is 1. The number of hydrogen-bond acceptors (Lipinski definition) is 5. The lowest BCUT2D eigenvalue weighted by Gasteiger charge is -2.31. The molecule has 1 aromatic rings. The van der Waals surface area contributed by atoms with Crippen LogP contribution in [0, 0.1) is 5.92 Å². The van der Waals surface area contributed by atoms with Crippen LogP contribution in [0.15, 0.2) is 24.3 Å². The zero-order chi connectivity index (χ0) is 21.2. The summed E-state index contributed by atoms with van der Waals surface area (Å²) in [6.45, 7) is 2.98. The Morgan fingerprint density at radius 3 is 2.03 bits per heavy atom. The van der Waals surface area contributed by atoms with Crippen LogP contribution in [0.25, 0.3) is 0 Å². The summed E-state index contributed by atoms with van der Waals surface area (Å²) in [7, 11) is 1.69. The first-order valence-electron chi connectivity index (χ1n) is 10.0. The molecule has 160 valence electrons. The van der Waals surface area contributed by atoms with Crippen molar-refractivity contribution in [1.82, 2.24) is 10.2 Å². The molecule has 1 aromatic carbocycles. The van der Waals surface area contributed by atoms with E-state index in [1.807, 2.05) is 12.1 Å². The summed E-state index contributed by atoms with van der Waals surface area (Å²) in [6, 6.07) is 8.71. The fourth-order valence-electron chi connectivity index (χ4n) is 3.73. The van der Waals surface area contributed by atoms with Crippen LogP contribution in [0.2, 0.25) is 0 Å². The minimum absolute atomic E-state index is 0.211. The minimum atomic E-state index is -1.82. The second kappa shape index (κ2) is 11.4. The van der Waals surface area contributed by atoms with Crippen LogP contribution in [0.3, 0.4) is 0 Å². The normalized spacial score (nSPS) is 17.8. The van der Waals surface area contributed by atoms with Crippen molar-refractivity contribution in [3.05, 3.63) is 29.8 Å². The van der Waals surface area contributed by atoms with E-state index in [4.69, 9.17) is 24.5 Å². The summed E-state index contributed by atoms with van der Waals surface area (Å²) in [6.07, 6.45) is 6.84. The van der Waals surface area contributed by atoms with Gasteiger partial charge in [-0.1, -0.05) is 25.0 Å². The lowest BCUT2D eigenvalue weighted by Crippen LogP contribution is -2.42. The van der Waals surface area contributed by atoms with Gasteiger partial charge in [0.1, 0.15) is 5.75 Å². The van der Waals surface area contributed by atoms with Crippen molar-refractivity contribution in [2.24, 2.45) is 5.92 Å². The summed E-state index contributed by atoms with van der Waals surface area (Å²) < 4.78 is 5.20. The smallest absolute Gasteiger partial charge is 0.414 e. The number of aliphatic carboxylic acids is 2. The maximum Gasteiger partial charge on any atom is 0.414 e. The lowest BCUT2D eigenvalue weighted by molar-refractivity contribution is -0.159. The third-order valence-electron chi connectivity index (χ3n) is 5.41. The number of nitrogens with zero attached hydrogens (tertiary/aromatic N) is 1. The second-order valence-electron chi connectivity index (χ2n) is 7.50. The Hall–Kier alpha value is -2.61. The topological polar surface area (TPSA) is 116 Å². The monoisotopic (exact) mass is 406 g/mol. The van der Waals surface area contributed by atoms with E-state index in [9.17, 15) is 4.79 Å². The van der Waals surface area contributed by atoms with Crippen molar-refractivity contribution in [1.29, 1.82) is 0 Å². The Bertz CT molecular complexity index is 665. The van der Waals surface area contributed by atoms with Crippen LogP contribution >= 0.6 is 0 Å². The zero-order valence-corrected chi connectivity index (χ0v) is 16.8. The third-order valence-corrected chi connectivity index (χ3v) is 5.41. The lowest BCUT2D eigenvalue weighted by atomic mass is 9.95. The predicted molar refractivity (Wildman–Crippen MR) is 107 cm³/mol. The van der Waals surface area contributed by atoms with E-state index in [0.29, 0.717) is 11.9 Å². The number of carbonyl (C=O) groups is 3. The first-order chi connectivity index (χ1) is 13.9. The van der Waals surface area contributed by atoms with Crippen LogP contribution < -0.4 is 10.1 Å². The number of amides is 1. The fraction of sp³-hybridized carbons (Fsp3) is 0.571. The summed E-state index contributed by atoms with van der Waals surface area (Å²) >= 11 is 0. The molecule has 2 fully saturated rings. The molecule has 3 N–H and O–H groups in total. The highest BCUT2D eigenvalue weighted by molar-refractivity contribution is 6.27. The number of ether oxygens (including phenoxy) is 1. The second-order valence-corrected chi connectivity index (χ2v) is 7.50. The Morgan fingerprint density at radius 1 is 1.00 bits per heavy atom. The summed E-state index contributed by atoms with van der Waals surface area (Å²) in [4.78, 5) is 33.0. The predicted octanol–water partition coefficient (Wildman–Crippen LogP) is 2.12. The van der Waals surface area contributed by atoms with E-state index in [1.54, 1.807) is 7.11 Å². The van der Waals surface area contributed by atoms with Gasteiger partial charge >= 0.3 is 11.9 Å². The number of carboxylic acid groups (broad SMARTS) is 2. The first-order valence-corrected chi connectivity index (χ1v) is 10.0. The molecule has 0 bridgehead atoms. The molecule has 29 heavy (non-hydrogen) atoms. The molecule has 3 rings (SSSR count). The number of rotatable bonds is 5. The highest BCUT2D eigenvalue weighted by Gasteiger charge is 2.27. The van der Waals surface area contributed by atoms with Crippen LogP contribution in [-0.4, -0.2) is 59.2 Å². The fourth-order valence-corrected chi connectivity index (χ4v) is 3.73. The van der Waals surface area contributed by atoms with Crippen molar-refractivity contribution in [2.45, 2.75) is 51.1 Å². The Morgan fingerprint density at radius 2 is 1.55 bits per heavy atom. The van der Waals surface area contributed by atoms with E-state index < -0.39 is 11.9 Å². The van der Waals surface area contributed by atoms with Gasteiger partial charge in [0.25, 0.3) is 0 Å². The molecule has 2 aliphatic rings. The molecule has 0 atom stereocenters. The number of piperidine rings is 1. The Balaban J connectivity index is 0.000000438. The molecule has 8 heteroatoms. The van der Waals surface area contributed by atoms with E-state index in [1.165, 1.54) is 31.2 Å². The van der Waals surface area contributed by atoms with E-state index in [2.05, 4.69) is 22.3 Å². The number of hydrogen-bond donors (Lipinski definition) is 3. The Labute approximate surface area is 170 Å². The summed E-state index contributed by atoms with van der Waals surface area (Å²) in [5, 5.41) is 18.0. The van der Waals surface area contributed by atoms with E-state index in [0.717, 1.165) is 38.2 Å². The molecule has 0 unspecified atom stereocenters. The molecular formula is C21H30N2O6. The molecule has 1 aliphatic carbocycles. The molecule has 0 radical (unpaired) electrons. The van der Waals surface area contributed by atoms with Gasteiger partial charge in [-0.15, -0.1) is 0 Å². The number of benzene rings is 1. The van der Waals surface area contributed by atoms with Gasteiger partial charge < -0.3 is 20.3 Å². The third kappa shape index (κ3) is 7.73. The average molecular weight is 406 g/mol. The van der Waals surface area contributed by atoms with Crippen molar-refractivity contribution in [3.63, 3.8) is 0 Å². The SMILES string of the molecule is COc1ccc(CN2CCC(C(=O)NC3CCCC3)CC2)cc1.O=C(O)C(=O)O. The molecule has 0 aromatic heterocycles. The maximum atomic E-state index is 12.3. The van der Waals surface area contributed by atoms with Gasteiger partial charge in [-0.2, -0.15) is 0 Å². The van der Waals surface area contributed by atoms with Gasteiger partial charge in [-0.25, -0.2) is 9.59 Å². The van der Waals surface area contributed by atoms with Gasteiger partial charge in [0.15, 0.2) is 0 Å². The van der Waals surface area contributed by atoms with Crippen molar-refractivity contribution in [3.8, 4) is 5.75 Å². The van der Waals surface area contributed by atoms with E-state index >= 15 is 0 Å². The largest absolute Gasteiger partial charge is 0.497 e. The van der Waals surface area contributed by atoms with Crippen LogP contribution in [0.4, 0.5) is 0 Å². The maximum absolute atomic E-state index is 12.3. The van der Waals surface area contributed by atoms with Crippen molar-refractivity contribution in [2.75, 3.05) is 20.2 Å². The average Bonchev–Trinajstić information content (AvgIpc) is 3.22. The number of nitrogens with one attached hydrogen (secondary N) is 1. The molecule has 1 saturated heterocycles. The van der Waals surface area contributed by atoms with Crippen LogP contribution in [0.1, 0.15) is 44.1 Å².